The molecule has 3 aromatic rings. The van der Waals surface area contributed by atoms with Gasteiger partial charge in [-0.1, -0.05) is 30.3 Å². The van der Waals surface area contributed by atoms with Crippen LogP contribution in [0.3, 0.4) is 0 Å². The summed E-state index contributed by atoms with van der Waals surface area (Å²) in [6, 6.07) is 18.7. The smallest absolute Gasteiger partial charge is 0.318 e. The molecule has 1 saturated heterocycles. The van der Waals surface area contributed by atoms with E-state index in [1.54, 1.807) is 19.1 Å². The minimum absolute atomic E-state index is 0.00380. The SMILES string of the molecule is COc1ccc(-c2ccc(N3CCCN(C(=O)CN(C(=O)NC(C)(C)C)C(C)c4ccccc4)CC3)nn2)c(OC)c1. The third-order valence-electron chi connectivity index (χ3n) is 7.31. The van der Waals surface area contributed by atoms with Gasteiger partial charge in [0, 0.05) is 43.3 Å². The Kier molecular flexibility index (Phi) is 9.88. The van der Waals surface area contributed by atoms with Crippen LogP contribution < -0.4 is 19.7 Å². The Labute approximate surface area is 248 Å². The molecule has 224 valence electrons. The lowest BCUT2D eigenvalue weighted by Gasteiger charge is -2.34. The molecular weight excluding hydrogens is 532 g/mol. The van der Waals surface area contributed by atoms with Crippen molar-refractivity contribution in [3.63, 3.8) is 0 Å². The van der Waals surface area contributed by atoms with Crippen molar-refractivity contribution in [3.05, 3.63) is 66.2 Å². The number of rotatable bonds is 8. The lowest BCUT2D eigenvalue weighted by atomic mass is 10.1. The van der Waals surface area contributed by atoms with Gasteiger partial charge >= 0.3 is 6.03 Å². The quantitative estimate of drug-likeness (QED) is 0.414. The molecule has 10 nitrogen and oxygen atoms in total. The molecule has 0 bridgehead atoms. The number of hydrogen-bond acceptors (Lipinski definition) is 7. The summed E-state index contributed by atoms with van der Waals surface area (Å²) in [5.74, 6) is 2.05. The minimum atomic E-state index is -0.424. The highest BCUT2D eigenvalue weighted by Gasteiger charge is 2.29. The van der Waals surface area contributed by atoms with Gasteiger partial charge in [0.2, 0.25) is 5.91 Å². The van der Waals surface area contributed by atoms with Gasteiger partial charge in [0.15, 0.2) is 5.82 Å². The van der Waals surface area contributed by atoms with Gasteiger partial charge in [0.1, 0.15) is 18.0 Å². The molecule has 1 atom stereocenters. The second kappa shape index (κ2) is 13.5. The standard InChI is InChI=1S/C32H42N6O4/c1-23(24-11-8-7-9-12-24)38(31(40)33-32(2,3)4)22-30(39)37-18-10-17-36(19-20-37)29-16-15-27(34-35-29)26-14-13-25(41-5)21-28(26)42-6/h7-9,11-16,21,23H,10,17-20,22H2,1-6H3,(H,33,40). The molecule has 0 aliphatic carbocycles. The van der Waals surface area contributed by atoms with E-state index in [1.165, 1.54) is 0 Å². The zero-order valence-corrected chi connectivity index (χ0v) is 25.5. The van der Waals surface area contributed by atoms with Crippen molar-refractivity contribution in [3.8, 4) is 22.8 Å². The maximum Gasteiger partial charge on any atom is 0.318 e. The zero-order chi connectivity index (χ0) is 30.3. The zero-order valence-electron chi connectivity index (χ0n) is 25.5. The van der Waals surface area contributed by atoms with E-state index in [0.717, 1.165) is 29.9 Å². The van der Waals surface area contributed by atoms with E-state index in [-0.39, 0.29) is 24.5 Å². The molecule has 1 aromatic heterocycles. The van der Waals surface area contributed by atoms with E-state index in [0.29, 0.717) is 36.8 Å². The number of anilines is 1. The summed E-state index contributed by atoms with van der Waals surface area (Å²) >= 11 is 0. The number of nitrogens with zero attached hydrogens (tertiary/aromatic N) is 5. The molecule has 0 spiro atoms. The normalized spacial score (nSPS) is 14.5. The molecule has 1 unspecified atom stereocenters. The third-order valence-corrected chi connectivity index (χ3v) is 7.31. The Morgan fingerprint density at radius 2 is 1.71 bits per heavy atom. The van der Waals surface area contributed by atoms with Crippen molar-refractivity contribution in [1.29, 1.82) is 0 Å². The lowest BCUT2D eigenvalue weighted by Crippen LogP contribution is -2.52. The van der Waals surface area contributed by atoms with Crippen molar-refractivity contribution in [2.24, 2.45) is 0 Å². The third kappa shape index (κ3) is 7.69. The van der Waals surface area contributed by atoms with Crippen molar-refractivity contribution in [2.45, 2.75) is 45.7 Å². The maximum atomic E-state index is 13.6. The molecule has 2 heterocycles. The predicted octanol–water partition coefficient (Wildman–Crippen LogP) is 4.77. The van der Waals surface area contributed by atoms with Gasteiger partial charge in [-0.15, -0.1) is 10.2 Å². The van der Waals surface area contributed by atoms with Crippen LogP contribution in [-0.4, -0.2) is 84.4 Å². The average molecular weight is 575 g/mol. The van der Waals surface area contributed by atoms with Crippen molar-refractivity contribution >= 4 is 17.8 Å². The molecular formula is C32H42N6O4. The summed E-state index contributed by atoms with van der Waals surface area (Å²) in [6.45, 7) is 10.3. The number of hydrogen-bond donors (Lipinski definition) is 1. The lowest BCUT2D eigenvalue weighted by molar-refractivity contribution is -0.132. The molecule has 1 aliphatic heterocycles. The van der Waals surface area contributed by atoms with Crippen LogP contribution in [-0.2, 0) is 4.79 Å². The molecule has 3 amide bonds. The van der Waals surface area contributed by atoms with Gasteiger partial charge in [-0.25, -0.2) is 4.79 Å². The van der Waals surface area contributed by atoms with Gasteiger partial charge in [0.05, 0.1) is 26.0 Å². The topological polar surface area (TPSA) is 100 Å². The minimum Gasteiger partial charge on any atom is -0.497 e. The van der Waals surface area contributed by atoms with E-state index in [1.807, 2.05) is 93.3 Å². The average Bonchev–Trinajstić information content (AvgIpc) is 3.25. The summed E-state index contributed by atoms with van der Waals surface area (Å²) in [4.78, 5) is 32.5. The number of carbonyl (C=O) groups excluding carboxylic acids is 2. The summed E-state index contributed by atoms with van der Waals surface area (Å²) in [5.41, 5.74) is 2.08. The number of methoxy groups -OCH3 is 2. The van der Waals surface area contributed by atoms with E-state index >= 15 is 0 Å². The van der Waals surface area contributed by atoms with Crippen molar-refractivity contribution in [2.75, 3.05) is 51.8 Å². The Morgan fingerprint density at radius 3 is 2.36 bits per heavy atom. The number of carbonyl (C=O) groups is 2. The number of benzene rings is 2. The Hall–Kier alpha value is -4.34. The second-order valence-corrected chi connectivity index (χ2v) is 11.5. The van der Waals surface area contributed by atoms with Crippen LogP contribution in [0.4, 0.5) is 10.6 Å². The molecule has 1 aliphatic rings. The fourth-order valence-corrected chi connectivity index (χ4v) is 4.98. The largest absolute Gasteiger partial charge is 0.497 e. The van der Waals surface area contributed by atoms with Gasteiger partial charge in [-0.2, -0.15) is 0 Å². The summed E-state index contributed by atoms with van der Waals surface area (Å²) in [6.07, 6.45) is 0.782. The first-order valence-electron chi connectivity index (χ1n) is 14.3. The predicted molar refractivity (Wildman–Crippen MR) is 164 cm³/mol. The maximum absolute atomic E-state index is 13.6. The van der Waals surface area contributed by atoms with E-state index < -0.39 is 5.54 Å². The fraction of sp³-hybridized carbons (Fsp3) is 0.438. The number of nitrogens with one attached hydrogen (secondary N) is 1. The monoisotopic (exact) mass is 574 g/mol. The van der Waals surface area contributed by atoms with E-state index in [4.69, 9.17) is 9.47 Å². The number of urea groups is 1. The number of amides is 3. The fourth-order valence-electron chi connectivity index (χ4n) is 4.98. The highest BCUT2D eigenvalue weighted by Crippen LogP contribution is 2.32. The highest BCUT2D eigenvalue weighted by molar-refractivity contribution is 5.85. The summed E-state index contributed by atoms with van der Waals surface area (Å²) in [5, 5.41) is 12.0. The second-order valence-electron chi connectivity index (χ2n) is 11.5. The van der Waals surface area contributed by atoms with Crippen molar-refractivity contribution < 1.29 is 19.1 Å². The molecule has 1 N–H and O–H groups in total. The number of aromatic nitrogens is 2. The van der Waals surface area contributed by atoms with Gasteiger partial charge in [-0.05, 0) is 63.9 Å². The molecule has 0 saturated carbocycles. The van der Waals surface area contributed by atoms with Gasteiger partial charge in [0.25, 0.3) is 0 Å². The van der Waals surface area contributed by atoms with Crippen LogP contribution in [0.25, 0.3) is 11.3 Å². The molecule has 4 rings (SSSR count). The van der Waals surface area contributed by atoms with Gasteiger partial charge in [-0.3, -0.25) is 4.79 Å². The van der Waals surface area contributed by atoms with E-state index in [2.05, 4.69) is 20.4 Å². The molecule has 0 radical (unpaired) electrons. The Bertz CT molecular complexity index is 1340. The molecule has 42 heavy (non-hydrogen) atoms. The summed E-state index contributed by atoms with van der Waals surface area (Å²) < 4.78 is 10.8. The summed E-state index contributed by atoms with van der Waals surface area (Å²) in [7, 11) is 3.23. The first-order chi connectivity index (χ1) is 20.1. The molecule has 2 aromatic carbocycles. The van der Waals surface area contributed by atoms with E-state index in [9.17, 15) is 9.59 Å². The Balaban J connectivity index is 1.43. The highest BCUT2D eigenvalue weighted by atomic mass is 16.5. The van der Waals surface area contributed by atoms with Crippen LogP contribution >= 0.6 is 0 Å². The van der Waals surface area contributed by atoms with Crippen LogP contribution in [0, 0.1) is 0 Å². The van der Waals surface area contributed by atoms with Crippen LogP contribution in [0.2, 0.25) is 0 Å². The first-order valence-corrected chi connectivity index (χ1v) is 14.3. The van der Waals surface area contributed by atoms with Gasteiger partial charge < -0.3 is 29.5 Å². The van der Waals surface area contributed by atoms with Crippen LogP contribution in [0.5, 0.6) is 11.5 Å². The van der Waals surface area contributed by atoms with Crippen LogP contribution in [0.1, 0.15) is 45.7 Å². The molecule has 10 heteroatoms. The number of ether oxygens (including phenoxy) is 2. The van der Waals surface area contributed by atoms with Crippen LogP contribution in [0.15, 0.2) is 60.7 Å². The molecule has 1 fully saturated rings. The first kappa shape index (κ1) is 30.6. The Morgan fingerprint density at radius 1 is 0.952 bits per heavy atom. The van der Waals surface area contributed by atoms with Crippen molar-refractivity contribution in [1.82, 2.24) is 25.3 Å².